The van der Waals surface area contributed by atoms with Crippen molar-refractivity contribution in [2.24, 2.45) is 5.92 Å². The van der Waals surface area contributed by atoms with E-state index in [1.807, 2.05) is 13.8 Å². The predicted molar refractivity (Wildman–Crippen MR) is 72.2 cm³/mol. The van der Waals surface area contributed by atoms with Gasteiger partial charge in [-0.2, -0.15) is 0 Å². The zero-order valence-electron chi connectivity index (χ0n) is 10.7. The van der Waals surface area contributed by atoms with Crippen LogP contribution in [0.4, 0.5) is 4.39 Å². The van der Waals surface area contributed by atoms with Gasteiger partial charge in [0.2, 0.25) is 5.91 Å². The maximum absolute atomic E-state index is 13.4. The van der Waals surface area contributed by atoms with Crippen LogP contribution in [0.1, 0.15) is 25.8 Å². The van der Waals surface area contributed by atoms with E-state index in [1.54, 1.807) is 18.2 Å². The number of hydrogen-bond donors (Lipinski definition) is 1. The van der Waals surface area contributed by atoms with E-state index in [-0.39, 0.29) is 24.2 Å². The molecule has 1 aromatic rings. The average Bonchev–Trinajstić information content (AvgIpc) is 2.31. The largest absolute Gasteiger partial charge is 0.353 e. The smallest absolute Gasteiger partial charge is 0.224 e. The Morgan fingerprint density at radius 1 is 1.39 bits per heavy atom. The lowest BCUT2D eigenvalue weighted by Gasteiger charge is -2.21. The van der Waals surface area contributed by atoms with E-state index in [0.29, 0.717) is 17.4 Å². The van der Waals surface area contributed by atoms with Crippen molar-refractivity contribution < 1.29 is 9.18 Å². The zero-order chi connectivity index (χ0) is 13.5. The number of nitrogens with one attached hydrogen (secondary N) is 1. The van der Waals surface area contributed by atoms with E-state index in [9.17, 15) is 9.18 Å². The Balaban J connectivity index is 2.58. The fourth-order valence-corrected chi connectivity index (χ4v) is 2.00. The van der Waals surface area contributed by atoms with Crippen molar-refractivity contribution in [3.63, 3.8) is 0 Å². The van der Waals surface area contributed by atoms with Gasteiger partial charge >= 0.3 is 0 Å². The van der Waals surface area contributed by atoms with Gasteiger partial charge in [0.05, 0.1) is 6.42 Å². The molecule has 0 spiro atoms. The van der Waals surface area contributed by atoms with E-state index < -0.39 is 0 Å². The lowest BCUT2D eigenvalue weighted by atomic mass is 10.0. The fourth-order valence-electron chi connectivity index (χ4n) is 1.76. The van der Waals surface area contributed by atoms with E-state index in [0.717, 1.165) is 6.42 Å². The van der Waals surface area contributed by atoms with E-state index in [2.05, 4.69) is 5.32 Å². The Kier molecular flexibility index (Phi) is 6.13. The first-order chi connectivity index (χ1) is 8.54. The summed E-state index contributed by atoms with van der Waals surface area (Å²) in [6, 6.07) is 6.37. The Bertz CT molecular complexity index is 395. The van der Waals surface area contributed by atoms with Crippen molar-refractivity contribution in [2.75, 3.05) is 5.88 Å². The molecule has 0 radical (unpaired) electrons. The van der Waals surface area contributed by atoms with Gasteiger partial charge in [0.25, 0.3) is 0 Å². The molecule has 0 aromatic heterocycles. The van der Waals surface area contributed by atoms with Crippen molar-refractivity contribution in [2.45, 2.75) is 32.7 Å². The highest BCUT2D eigenvalue weighted by atomic mass is 35.5. The van der Waals surface area contributed by atoms with E-state index in [4.69, 9.17) is 11.6 Å². The molecule has 1 N–H and O–H groups in total. The van der Waals surface area contributed by atoms with E-state index >= 15 is 0 Å². The van der Waals surface area contributed by atoms with Crippen LogP contribution in [0.3, 0.4) is 0 Å². The monoisotopic (exact) mass is 271 g/mol. The average molecular weight is 272 g/mol. The number of hydrogen-bond acceptors (Lipinski definition) is 1. The summed E-state index contributed by atoms with van der Waals surface area (Å²) in [5.41, 5.74) is 0.420. The van der Waals surface area contributed by atoms with Crippen molar-refractivity contribution in [3.05, 3.63) is 35.6 Å². The number of alkyl halides is 1. The maximum Gasteiger partial charge on any atom is 0.224 e. The van der Waals surface area contributed by atoms with Crippen molar-refractivity contribution in [3.8, 4) is 0 Å². The number of amides is 1. The molecule has 0 heterocycles. The molecular weight excluding hydrogens is 253 g/mol. The summed E-state index contributed by atoms with van der Waals surface area (Å²) < 4.78 is 13.4. The molecule has 0 aliphatic carbocycles. The minimum Gasteiger partial charge on any atom is -0.353 e. The summed E-state index contributed by atoms with van der Waals surface area (Å²) >= 11 is 5.70. The second kappa shape index (κ2) is 7.37. The topological polar surface area (TPSA) is 29.1 Å². The van der Waals surface area contributed by atoms with Crippen LogP contribution in [-0.2, 0) is 11.2 Å². The third-order valence-electron chi connectivity index (χ3n) is 2.88. The molecule has 1 amide bonds. The highest BCUT2D eigenvalue weighted by Crippen LogP contribution is 2.10. The van der Waals surface area contributed by atoms with Gasteiger partial charge in [-0.25, -0.2) is 4.39 Å². The Labute approximate surface area is 113 Å². The van der Waals surface area contributed by atoms with Crippen LogP contribution in [0.25, 0.3) is 0 Å². The van der Waals surface area contributed by atoms with Gasteiger partial charge in [0.1, 0.15) is 5.82 Å². The number of benzene rings is 1. The summed E-state index contributed by atoms with van der Waals surface area (Å²) in [5.74, 6) is 0.311. The third kappa shape index (κ3) is 4.65. The van der Waals surface area contributed by atoms with Crippen LogP contribution in [-0.4, -0.2) is 17.8 Å². The molecule has 1 aromatic carbocycles. The molecule has 1 atom stereocenters. The summed E-state index contributed by atoms with van der Waals surface area (Å²) in [5, 5.41) is 2.90. The van der Waals surface area contributed by atoms with Gasteiger partial charge in [-0.1, -0.05) is 32.0 Å². The molecule has 0 aliphatic heterocycles. The first kappa shape index (κ1) is 15.0. The first-order valence-electron chi connectivity index (χ1n) is 6.13. The molecule has 100 valence electrons. The van der Waals surface area contributed by atoms with E-state index in [1.165, 1.54) is 6.07 Å². The third-order valence-corrected chi connectivity index (χ3v) is 3.10. The first-order valence-corrected chi connectivity index (χ1v) is 6.66. The second-order valence-corrected chi connectivity index (χ2v) is 5.04. The maximum atomic E-state index is 13.4. The van der Waals surface area contributed by atoms with Gasteiger partial charge in [-0.15, -0.1) is 11.6 Å². The summed E-state index contributed by atoms with van der Waals surface area (Å²) in [6.07, 6.45) is 0.792. The van der Waals surface area contributed by atoms with Crippen LogP contribution in [0.5, 0.6) is 0 Å². The van der Waals surface area contributed by atoms with Gasteiger partial charge in [0.15, 0.2) is 0 Å². The van der Waals surface area contributed by atoms with Crippen molar-refractivity contribution >= 4 is 17.5 Å². The molecule has 2 nitrogen and oxygen atoms in total. The zero-order valence-corrected chi connectivity index (χ0v) is 11.5. The van der Waals surface area contributed by atoms with Crippen molar-refractivity contribution in [1.82, 2.24) is 5.32 Å². The number of carbonyl (C=O) groups excluding carboxylic acids is 1. The van der Waals surface area contributed by atoms with Crippen molar-refractivity contribution in [1.29, 1.82) is 0 Å². The quantitative estimate of drug-likeness (QED) is 0.792. The molecule has 1 unspecified atom stereocenters. The van der Waals surface area contributed by atoms with Gasteiger partial charge < -0.3 is 5.32 Å². The van der Waals surface area contributed by atoms with Crippen LogP contribution < -0.4 is 5.32 Å². The molecule has 4 heteroatoms. The Morgan fingerprint density at radius 2 is 2.06 bits per heavy atom. The highest BCUT2D eigenvalue weighted by molar-refractivity contribution is 6.17. The lowest BCUT2D eigenvalue weighted by Crippen LogP contribution is -2.39. The molecule has 0 bridgehead atoms. The Morgan fingerprint density at radius 3 is 2.61 bits per heavy atom. The SMILES string of the molecule is CC(C)C(CCCl)NC(=O)Cc1ccccc1F. The number of halogens is 2. The molecule has 18 heavy (non-hydrogen) atoms. The predicted octanol–water partition coefficient (Wildman–Crippen LogP) is 3.14. The van der Waals surface area contributed by atoms with Crippen LogP contribution in [0, 0.1) is 11.7 Å². The second-order valence-electron chi connectivity index (χ2n) is 4.66. The summed E-state index contributed by atoms with van der Waals surface area (Å²) in [4.78, 5) is 11.8. The molecule has 0 fully saturated rings. The standard InChI is InChI=1S/C14H19ClFNO/c1-10(2)13(7-8-15)17-14(18)9-11-5-3-4-6-12(11)16/h3-6,10,13H,7-9H2,1-2H3,(H,17,18). The van der Waals surface area contributed by atoms with Crippen LogP contribution >= 0.6 is 11.6 Å². The van der Waals surface area contributed by atoms with Crippen LogP contribution in [0.15, 0.2) is 24.3 Å². The number of rotatable bonds is 6. The molecular formula is C14H19ClFNO. The lowest BCUT2D eigenvalue weighted by molar-refractivity contribution is -0.121. The van der Waals surface area contributed by atoms with Crippen LogP contribution in [0.2, 0.25) is 0 Å². The minimum absolute atomic E-state index is 0.0433. The molecule has 1 rings (SSSR count). The summed E-state index contributed by atoms with van der Waals surface area (Å²) in [7, 11) is 0. The minimum atomic E-state index is -0.342. The molecule has 0 aliphatic rings. The highest BCUT2D eigenvalue weighted by Gasteiger charge is 2.16. The summed E-state index contributed by atoms with van der Waals surface area (Å²) in [6.45, 7) is 4.06. The van der Waals surface area contributed by atoms with Gasteiger partial charge in [-0.05, 0) is 24.0 Å². The number of carbonyl (C=O) groups is 1. The van der Waals surface area contributed by atoms with Gasteiger partial charge in [0, 0.05) is 11.9 Å². The molecule has 0 saturated heterocycles. The fraction of sp³-hybridized carbons (Fsp3) is 0.500. The normalized spacial score (nSPS) is 12.5. The molecule has 0 saturated carbocycles. The van der Waals surface area contributed by atoms with Gasteiger partial charge in [-0.3, -0.25) is 4.79 Å². The Hall–Kier alpha value is -1.09.